The van der Waals surface area contributed by atoms with Crippen LogP contribution < -0.4 is 0 Å². The van der Waals surface area contributed by atoms with Gasteiger partial charge in [-0.05, 0) is 13.0 Å². The molecule has 0 aliphatic rings. The number of carbonyl (C=O) groups is 1. The van der Waals surface area contributed by atoms with Gasteiger partial charge in [0.15, 0.2) is 0 Å². The van der Waals surface area contributed by atoms with E-state index in [0.717, 1.165) is 15.4 Å². The van der Waals surface area contributed by atoms with Crippen LogP contribution in [0.25, 0.3) is 10.3 Å². The van der Waals surface area contributed by atoms with Crippen LogP contribution in [0.2, 0.25) is 0 Å². The number of fused-ring (bicyclic) bond motifs is 1. The Kier molecular flexibility index (Phi) is 1.81. The second-order valence-electron chi connectivity index (χ2n) is 2.62. The number of hydrogen-bond donors (Lipinski definition) is 1. The second-order valence-corrected chi connectivity index (χ2v) is 3.86. The summed E-state index contributed by atoms with van der Waals surface area (Å²) in [7, 11) is 1.36. The normalized spacial score (nSPS) is 10.6. The van der Waals surface area contributed by atoms with Gasteiger partial charge >= 0.3 is 5.97 Å². The lowest BCUT2D eigenvalue weighted by Gasteiger charge is -1.92. The van der Waals surface area contributed by atoms with Crippen LogP contribution in [-0.2, 0) is 4.74 Å². The molecular formula is C8H8N2O2S. The van der Waals surface area contributed by atoms with Crippen LogP contribution in [0.5, 0.6) is 0 Å². The highest BCUT2D eigenvalue weighted by Crippen LogP contribution is 2.22. The number of aromatic nitrogens is 2. The molecule has 2 aromatic heterocycles. The third kappa shape index (κ3) is 1.31. The van der Waals surface area contributed by atoms with Crippen molar-refractivity contribution in [2.75, 3.05) is 7.11 Å². The first-order valence-corrected chi connectivity index (χ1v) is 4.57. The summed E-state index contributed by atoms with van der Waals surface area (Å²) < 4.78 is 5.56. The van der Waals surface area contributed by atoms with Crippen molar-refractivity contribution in [2.24, 2.45) is 0 Å². The van der Waals surface area contributed by atoms with Crippen LogP contribution in [0.1, 0.15) is 15.5 Å². The first kappa shape index (κ1) is 8.25. The predicted octanol–water partition coefficient (Wildman–Crippen LogP) is 1.72. The molecule has 68 valence electrons. The van der Waals surface area contributed by atoms with Crippen molar-refractivity contribution in [1.82, 2.24) is 9.97 Å². The number of esters is 1. The molecule has 0 aliphatic carbocycles. The fraction of sp³-hybridized carbons (Fsp3) is 0.250. The van der Waals surface area contributed by atoms with Crippen molar-refractivity contribution >= 4 is 27.7 Å². The fourth-order valence-electron chi connectivity index (χ4n) is 1.14. The highest BCUT2D eigenvalue weighted by atomic mass is 32.1. The first-order chi connectivity index (χ1) is 6.20. The summed E-state index contributed by atoms with van der Waals surface area (Å²) in [5, 5.41) is 0.984. The molecule has 0 fully saturated rings. The van der Waals surface area contributed by atoms with Crippen molar-refractivity contribution in [3.63, 3.8) is 0 Å². The summed E-state index contributed by atoms with van der Waals surface area (Å²) in [5.74, 6) is -0.358. The maximum atomic E-state index is 11.1. The molecule has 0 saturated heterocycles. The predicted molar refractivity (Wildman–Crippen MR) is 50.0 cm³/mol. The van der Waals surface area contributed by atoms with Gasteiger partial charge in [0, 0.05) is 0 Å². The number of methoxy groups -OCH3 is 1. The summed E-state index contributed by atoms with van der Waals surface area (Å²) in [6, 6.07) is 1.76. The fourth-order valence-corrected chi connectivity index (χ4v) is 1.97. The van der Waals surface area contributed by atoms with Crippen molar-refractivity contribution in [3.8, 4) is 0 Å². The van der Waals surface area contributed by atoms with E-state index in [0.29, 0.717) is 5.69 Å². The molecule has 13 heavy (non-hydrogen) atoms. The average Bonchev–Trinajstić information content (AvgIpc) is 2.59. The molecule has 0 aliphatic heterocycles. The molecule has 4 nitrogen and oxygen atoms in total. The molecule has 0 bridgehead atoms. The van der Waals surface area contributed by atoms with Crippen molar-refractivity contribution in [1.29, 1.82) is 0 Å². The number of rotatable bonds is 1. The largest absolute Gasteiger partial charge is 0.464 e. The number of carbonyl (C=O) groups excluding carboxylic acids is 1. The molecule has 2 heterocycles. The SMILES string of the molecule is COC(=O)c1cc2sc(C)nc2[nH]1. The molecule has 0 saturated carbocycles. The Balaban J connectivity index is 2.51. The van der Waals surface area contributed by atoms with E-state index in [1.807, 2.05) is 6.92 Å². The number of aromatic amines is 1. The van der Waals surface area contributed by atoms with Crippen LogP contribution in [0.4, 0.5) is 0 Å². The molecule has 0 aromatic carbocycles. The van der Waals surface area contributed by atoms with Gasteiger partial charge in [0.25, 0.3) is 0 Å². The molecule has 0 amide bonds. The van der Waals surface area contributed by atoms with Gasteiger partial charge in [-0.25, -0.2) is 9.78 Å². The van der Waals surface area contributed by atoms with Gasteiger partial charge in [0.05, 0.1) is 16.8 Å². The third-order valence-corrected chi connectivity index (χ3v) is 2.61. The van der Waals surface area contributed by atoms with E-state index in [4.69, 9.17) is 0 Å². The van der Waals surface area contributed by atoms with Crippen LogP contribution in [0.3, 0.4) is 0 Å². The number of H-pyrrole nitrogens is 1. The second kappa shape index (κ2) is 2.85. The number of thiazole rings is 1. The summed E-state index contributed by atoms with van der Waals surface area (Å²) in [6.45, 7) is 1.93. The smallest absolute Gasteiger partial charge is 0.354 e. The standard InChI is InChI=1S/C8H8N2O2S/c1-4-9-7-6(13-4)3-5(10-7)8(11)12-2/h3,10H,1-2H3. The quantitative estimate of drug-likeness (QED) is 0.706. The van der Waals surface area contributed by atoms with E-state index in [2.05, 4.69) is 14.7 Å². The van der Waals surface area contributed by atoms with Crippen molar-refractivity contribution < 1.29 is 9.53 Å². The molecule has 5 heteroatoms. The van der Waals surface area contributed by atoms with Gasteiger partial charge in [-0.1, -0.05) is 0 Å². The van der Waals surface area contributed by atoms with E-state index in [1.165, 1.54) is 7.11 Å². The zero-order chi connectivity index (χ0) is 9.42. The van der Waals surface area contributed by atoms with E-state index >= 15 is 0 Å². The van der Waals surface area contributed by atoms with E-state index in [9.17, 15) is 4.79 Å². The lowest BCUT2D eigenvalue weighted by atomic mass is 10.4. The maximum Gasteiger partial charge on any atom is 0.354 e. The molecule has 2 rings (SSSR count). The number of hydrogen-bond acceptors (Lipinski definition) is 4. The molecule has 0 radical (unpaired) electrons. The van der Waals surface area contributed by atoms with Crippen LogP contribution >= 0.6 is 11.3 Å². The Bertz CT molecular complexity index is 426. The monoisotopic (exact) mass is 196 g/mol. The molecule has 0 atom stereocenters. The third-order valence-electron chi connectivity index (χ3n) is 1.69. The van der Waals surface area contributed by atoms with Gasteiger partial charge in [-0.15, -0.1) is 11.3 Å². The minimum Gasteiger partial charge on any atom is -0.464 e. The highest BCUT2D eigenvalue weighted by molar-refractivity contribution is 7.18. The number of aryl methyl sites for hydroxylation is 1. The Hall–Kier alpha value is -1.36. The summed E-state index contributed by atoms with van der Waals surface area (Å²) >= 11 is 1.55. The van der Waals surface area contributed by atoms with E-state index < -0.39 is 0 Å². The Morgan fingerprint density at radius 2 is 2.46 bits per heavy atom. The van der Waals surface area contributed by atoms with Crippen molar-refractivity contribution in [3.05, 3.63) is 16.8 Å². The number of nitrogens with one attached hydrogen (secondary N) is 1. The molecule has 0 unspecified atom stereocenters. The Morgan fingerprint density at radius 1 is 1.69 bits per heavy atom. The highest BCUT2D eigenvalue weighted by Gasteiger charge is 2.11. The van der Waals surface area contributed by atoms with Crippen LogP contribution in [-0.4, -0.2) is 23.0 Å². The van der Waals surface area contributed by atoms with Crippen molar-refractivity contribution in [2.45, 2.75) is 6.92 Å². The lowest BCUT2D eigenvalue weighted by Crippen LogP contribution is -2.00. The molecule has 0 spiro atoms. The Labute approximate surface area is 78.6 Å². The first-order valence-electron chi connectivity index (χ1n) is 3.75. The average molecular weight is 196 g/mol. The topological polar surface area (TPSA) is 55.0 Å². The summed E-state index contributed by atoms with van der Waals surface area (Å²) in [5.41, 5.74) is 1.21. The van der Waals surface area contributed by atoms with Gasteiger partial charge in [0.2, 0.25) is 0 Å². The molecule has 2 aromatic rings. The molecule has 1 N–H and O–H groups in total. The minimum atomic E-state index is -0.358. The maximum absolute atomic E-state index is 11.1. The van der Waals surface area contributed by atoms with Gasteiger partial charge in [-0.3, -0.25) is 0 Å². The minimum absolute atomic E-state index is 0.358. The van der Waals surface area contributed by atoms with Crippen LogP contribution in [0.15, 0.2) is 6.07 Å². The summed E-state index contributed by atoms with van der Waals surface area (Å²) in [4.78, 5) is 18.2. The zero-order valence-electron chi connectivity index (χ0n) is 7.25. The number of nitrogens with zero attached hydrogens (tertiary/aromatic N) is 1. The summed E-state index contributed by atoms with van der Waals surface area (Å²) in [6.07, 6.45) is 0. The Morgan fingerprint density at radius 3 is 3.08 bits per heavy atom. The van der Waals surface area contributed by atoms with Gasteiger partial charge in [-0.2, -0.15) is 0 Å². The zero-order valence-corrected chi connectivity index (χ0v) is 8.07. The van der Waals surface area contributed by atoms with E-state index in [1.54, 1.807) is 17.4 Å². The number of ether oxygens (including phenoxy) is 1. The molecular weight excluding hydrogens is 188 g/mol. The van der Waals surface area contributed by atoms with Gasteiger partial charge in [0.1, 0.15) is 11.3 Å². The van der Waals surface area contributed by atoms with Crippen LogP contribution in [0, 0.1) is 6.92 Å². The van der Waals surface area contributed by atoms with E-state index in [-0.39, 0.29) is 5.97 Å². The lowest BCUT2D eigenvalue weighted by molar-refractivity contribution is 0.0595. The van der Waals surface area contributed by atoms with Gasteiger partial charge < -0.3 is 9.72 Å².